The molecule has 5 nitrogen and oxygen atoms in total. The highest BCUT2D eigenvalue weighted by Crippen LogP contribution is 2.26. The number of hydrogen-bond donors (Lipinski definition) is 0. The second-order valence-electron chi connectivity index (χ2n) is 5.71. The summed E-state index contributed by atoms with van der Waals surface area (Å²) in [6.07, 6.45) is 4.98. The Labute approximate surface area is 146 Å². The molecular formula is C18H20ClN3O2. The van der Waals surface area contributed by atoms with Crippen LogP contribution in [0.1, 0.15) is 36.5 Å². The van der Waals surface area contributed by atoms with Gasteiger partial charge in [0.15, 0.2) is 5.82 Å². The highest BCUT2D eigenvalue weighted by Gasteiger charge is 2.22. The van der Waals surface area contributed by atoms with Crippen LogP contribution in [0.15, 0.2) is 30.5 Å². The van der Waals surface area contributed by atoms with E-state index in [0.29, 0.717) is 28.8 Å². The van der Waals surface area contributed by atoms with Gasteiger partial charge < -0.3 is 9.64 Å². The van der Waals surface area contributed by atoms with Gasteiger partial charge in [-0.3, -0.25) is 0 Å². The number of piperidine rings is 1. The van der Waals surface area contributed by atoms with Crippen LogP contribution in [-0.2, 0) is 4.74 Å². The fourth-order valence-corrected chi connectivity index (χ4v) is 2.94. The second-order valence-corrected chi connectivity index (χ2v) is 6.14. The molecule has 1 aromatic heterocycles. The van der Waals surface area contributed by atoms with E-state index in [-0.39, 0.29) is 5.97 Å². The molecule has 0 saturated carbocycles. The maximum absolute atomic E-state index is 12.3. The first-order valence-electron chi connectivity index (χ1n) is 8.24. The smallest absolute Gasteiger partial charge is 0.343 e. The van der Waals surface area contributed by atoms with Crippen LogP contribution in [0.4, 0.5) is 5.82 Å². The Hall–Kier alpha value is -2.14. The normalized spacial score (nSPS) is 14.5. The molecule has 2 aromatic rings. The zero-order valence-corrected chi connectivity index (χ0v) is 14.4. The van der Waals surface area contributed by atoms with Crippen LogP contribution in [0, 0.1) is 0 Å². The number of carbonyl (C=O) groups excluding carboxylic acids is 1. The standard InChI is InChI=1S/C18H20ClN3O2/c1-2-24-18(23)15-12-20-16(13-6-8-14(19)9-7-13)21-17(15)22-10-4-3-5-11-22/h6-9,12H,2-5,10-11H2,1H3. The molecule has 1 fully saturated rings. The van der Waals surface area contributed by atoms with Crippen molar-refractivity contribution in [1.29, 1.82) is 0 Å². The van der Waals surface area contributed by atoms with Gasteiger partial charge in [0.25, 0.3) is 0 Å². The first kappa shape index (κ1) is 16.7. The number of rotatable bonds is 4. The molecule has 1 aromatic carbocycles. The molecule has 0 N–H and O–H groups in total. The highest BCUT2D eigenvalue weighted by molar-refractivity contribution is 6.30. The number of aromatic nitrogens is 2. The molecule has 1 saturated heterocycles. The maximum atomic E-state index is 12.3. The lowest BCUT2D eigenvalue weighted by molar-refractivity contribution is 0.0526. The van der Waals surface area contributed by atoms with Crippen molar-refractivity contribution in [3.63, 3.8) is 0 Å². The number of esters is 1. The summed E-state index contributed by atoms with van der Waals surface area (Å²) in [5.74, 6) is 0.870. The molecule has 0 atom stereocenters. The minimum Gasteiger partial charge on any atom is -0.462 e. The van der Waals surface area contributed by atoms with Crippen LogP contribution < -0.4 is 4.90 Å². The molecule has 3 rings (SSSR count). The second kappa shape index (κ2) is 7.62. The van der Waals surface area contributed by atoms with Gasteiger partial charge in [0, 0.05) is 29.9 Å². The molecule has 2 heterocycles. The summed E-state index contributed by atoms with van der Waals surface area (Å²) in [5, 5.41) is 0.665. The van der Waals surface area contributed by atoms with Crippen molar-refractivity contribution in [3.8, 4) is 11.4 Å². The molecular weight excluding hydrogens is 326 g/mol. The summed E-state index contributed by atoms with van der Waals surface area (Å²) >= 11 is 5.94. The number of nitrogens with zero attached hydrogens (tertiary/aromatic N) is 3. The molecule has 24 heavy (non-hydrogen) atoms. The van der Waals surface area contributed by atoms with Crippen molar-refractivity contribution in [2.24, 2.45) is 0 Å². The Bertz CT molecular complexity index is 713. The first-order valence-corrected chi connectivity index (χ1v) is 8.62. The van der Waals surface area contributed by atoms with Gasteiger partial charge in [0.2, 0.25) is 0 Å². The summed E-state index contributed by atoms with van der Waals surface area (Å²) in [6.45, 7) is 3.91. The summed E-state index contributed by atoms with van der Waals surface area (Å²) in [7, 11) is 0. The Morgan fingerprint density at radius 1 is 1.21 bits per heavy atom. The van der Waals surface area contributed by atoms with Gasteiger partial charge in [-0.2, -0.15) is 0 Å². The van der Waals surface area contributed by atoms with Crippen molar-refractivity contribution >= 4 is 23.4 Å². The predicted molar refractivity (Wildman–Crippen MR) is 94.5 cm³/mol. The van der Waals surface area contributed by atoms with E-state index in [4.69, 9.17) is 16.3 Å². The van der Waals surface area contributed by atoms with Crippen LogP contribution in [0.5, 0.6) is 0 Å². The maximum Gasteiger partial charge on any atom is 0.343 e. The molecule has 0 radical (unpaired) electrons. The summed E-state index contributed by atoms with van der Waals surface area (Å²) in [6, 6.07) is 7.36. The lowest BCUT2D eigenvalue weighted by Gasteiger charge is -2.29. The van der Waals surface area contributed by atoms with Gasteiger partial charge in [-0.1, -0.05) is 11.6 Å². The summed E-state index contributed by atoms with van der Waals surface area (Å²) in [4.78, 5) is 23.4. The zero-order chi connectivity index (χ0) is 16.9. The molecule has 1 aliphatic heterocycles. The third-order valence-electron chi connectivity index (χ3n) is 4.02. The lowest BCUT2D eigenvalue weighted by Crippen LogP contribution is -2.32. The van der Waals surface area contributed by atoms with Gasteiger partial charge >= 0.3 is 5.97 Å². The van der Waals surface area contributed by atoms with Crippen LogP contribution in [0.2, 0.25) is 5.02 Å². The lowest BCUT2D eigenvalue weighted by atomic mass is 10.1. The predicted octanol–water partition coefficient (Wildman–Crippen LogP) is 3.96. The van der Waals surface area contributed by atoms with E-state index in [1.54, 1.807) is 25.3 Å². The van der Waals surface area contributed by atoms with Gasteiger partial charge in [0.05, 0.1) is 6.61 Å². The average molecular weight is 346 g/mol. The van der Waals surface area contributed by atoms with Gasteiger partial charge in [-0.15, -0.1) is 0 Å². The average Bonchev–Trinajstić information content (AvgIpc) is 2.63. The monoisotopic (exact) mass is 345 g/mol. The van der Waals surface area contributed by atoms with Crippen LogP contribution in [0.25, 0.3) is 11.4 Å². The fraction of sp³-hybridized carbons (Fsp3) is 0.389. The van der Waals surface area contributed by atoms with Crippen LogP contribution >= 0.6 is 11.6 Å². The zero-order valence-electron chi connectivity index (χ0n) is 13.7. The number of anilines is 1. The van der Waals surface area contributed by atoms with E-state index in [1.807, 2.05) is 12.1 Å². The minimum atomic E-state index is -0.374. The van der Waals surface area contributed by atoms with Crippen LogP contribution in [0.3, 0.4) is 0 Å². The fourth-order valence-electron chi connectivity index (χ4n) is 2.81. The van der Waals surface area contributed by atoms with Crippen molar-refractivity contribution in [2.45, 2.75) is 26.2 Å². The number of ether oxygens (including phenoxy) is 1. The molecule has 0 aliphatic carbocycles. The Balaban J connectivity index is 2.00. The largest absolute Gasteiger partial charge is 0.462 e. The Kier molecular flexibility index (Phi) is 5.30. The van der Waals surface area contributed by atoms with E-state index in [1.165, 1.54) is 6.42 Å². The third kappa shape index (κ3) is 3.67. The van der Waals surface area contributed by atoms with E-state index in [9.17, 15) is 4.79 Å². The highest BCUT2D eigenvalue weighted by atomic mass is 35.5. The van der Waals surface area contributed by atoms with E-state index < -0.39 is 0 Å². The van der Waals surface area contributed by atoms with E-state index in [2.05, 4.69) is 14.9 Å². The molecule has 0 unspecified atom stereocenters. The number of benzene rings is 1. The minimum absolute atomic E-state index is 0.331. The van der Waals surface area contributed by atoms with Gasteiger partial charge in [-0.05, 0) is 50.5 Å². The molecule has 0 amide bonds. The van der Waals surface area contributed by atoms with Gasteiger partial charge in [0.1, 0.15) is 11.4 Å². The van der Waals surface area contributed by atoms with Crippen LogP contribution in [-0.4, -0.2) is 35.6 Å². The Morgan fingerprint density at radius 3 is 2.58 bits per heavy atom. The summed E-state index contributed by atoms with van der Waals surface area (Å²) < 4.78 is 5.16. The topological polar surface area (TPSA) is 55.3 Å². The van der Waals surface area contributed by atoms with Crippen molar-refractivity contribution in [1.82, 2.24) is 9.97 Å². The van der Waals surface area contributed by atoms with E-state index >= 15 is 0 Å². The molecule has 1 aliphatic rings. The number of halogens is 1. The van der Waals surface area contributed by atoms with E-state index in [0.717, 1.165) is 31.5 Å². The first-order chi connectivity index (χ1) is 11.7. The van der Waals surface area contributed by atoms with Crippen molar-refractivity contribution < 1.29 is 9.53 Å². The molecule has 126 valence electrons. The van der Waals surface area contributed by atoms with Crippen molar-refractivity contribution in [2.75, 3.05) is 24.6 Å². The SMILES string of the molecule is CCOC(=O)c1cnc(-c2ccc(Cl)cc2)nc1N1CCCCC1. The molecule has 6 heteroatoms. The van der Waals surface area contributed by atoms with Crippen molar-refractivity contribution in [3.05, 3.63) is 41.0 Å². The number of hydrogen-bond acceptors (Lipinski definition) is 5. The quantitative estimate of drug-likeness (QED) is 0.785. The Morgan fingerprint density at radius 2 is 1.92 bits per heavy atom. The summed E-state index contributed by atoms with van der Waals surface area (Å²) in [5.41, 5.74) is 1.30. The molecule has 0 spiro atoms. The molecule has 0 bridgehead atoms. The van der Waals surface area contributed by atoms with Gasteiger partial charge in [-0.25, -0.2) is 14.8 Å². The number of carbonyl (C=O) groups is 1. The third-order valence-corrected chi connectivity index (χ3v) is 4.27.